The van der Waals surface area contributed by atoms with Crippen LogP contribution in [-0.2, 0) is 0 Å². The Morgan fingerprint density at radius 1 is 1.13 bits per heavy atom. The quantitative estimate of drug-likeness (QED) is 0.719. The zero-order valence-electron chi connectivity index (χ0n) is 10.4. The number of rotatable bonds is 1. The average molecular weight is 211 g/mol. The van der Waals surface area contributed by atoms with Gasteiger partial charge >= 0.3 is 0 Å². The fourth-order valence-corrected chi connectivity index (χ4v) is 3.14. The predicted molar refractivity (Wildman–Crippen MR) is 62.8 cm³/mol. The highest BCUT2D eigenvalue weighted by Gasteiger charge is 2.38. The first-order valence-corrected chi connectivity index (χ1v) is 6.40. The van der Waals surface area contributed by atoms with Crippen LogP contribution in [0.3, 0.4) is 0 Å². The van der Waals surface area contributed by atoms with Crippen molar-refractivity contribution < 1.29 is 5.11 Å². The van der Waals surface area contributed by atoms with Gasteiger partial charge in [-0.2, -0.15) is 0 Å². The van der Waals surface area contributed by atoms with Gasteiger partial charge < -0.3 is 5.11 Å². The lowest BCUT2D eigenvalue weighted by atomic mass is 9.80. The zero-order chi connectivity index (χ0) is 11.1. The van der Waals surface area contributed by atoms with Crippen molar-refractivity contribution in [3.63, 3.8) is 0 Å². The Morgan fingerprint density at radius 2 is 1.87 bits per heavy atom. The summed E-state index contributed by atoms with van der Waals surface area (Å²) in [5, 5.41) is 9.90. The number of nitrogens with zero attached hydrogens (tertiary/aromatic N) is 1. The lowest BCUT2D eigenvalue weighted by molar-refractivity contribution is 0.0784. The molecule has 1 aliphatic heterocycles. The van der Waals surface area contributed by atoms with Crippen LogP contribution in [0.5, 0.6) is 0 Å². The van der Waals surface area contributed by atoms with Gasteiger partial charge in [-0.25, -0.2) is 0 Å². The Hall–Kier alpha value is -0.0800. The molecule has 0 aromatic carbocycles. The van der Waals surface area contributed by atoms with Crippen molar-refractivity contribution in [3.05, 3.63) is 0 Å². The van der Waals surface area contributed by atoms with Gasteiger partial charge in [0.15, 0.2) is 0 Å². The predicted octanol–water partition coefficient (Wildman–Crippen LogP) is 2.27. The van der Waals surface area contributed by atoms with Crippen LogP contribution in [-0.4, -0.2) is 35.2 Å². The Kier molecular flexibility index (Phi) is 3.09. The van der Waals surface area contributed by atoms with Gasteiger partial charge in [-0.05, 0) is 43.6 Å². The fourth-order valence-electron chi connectivity index (χ4n) is 3.14. The second-order valence-corrected chi connectivity index (χ2v) is 6.41. The second-order valence-electron chi connectivity index (χ2n) is 6.41. The minimum absolute atomic E-state index is 0.0521. The molecule has 3 atom stereocenters. The van der Waals surface area contributed by atoms with Gasteiger partial charge in [-0.15, -0.1) is 0 Å². The lowest BCUT2D eigenvalue weighted by Gasteiger charge is -2.30. The van der Waals surface area contributed by atoms with Crippen LogP contribution in [0, 0.1) is 11.3 Å². The average Bonchev–Trinajstić information content (AvgIpc) is 2.69. The molecule has 2 nitrogen and oxygen atoms in total. The van der Waals surface area contributed by atoms with Gasteiger partial charge in [0.1, 0.15) is 0 Å². The Bertz CT molecular complexity index is 221. The maximum Gasteiger partial charge on any atom is 0.0695 e. The summed E-state index contributed by atoms with van der Waals surface area (Å²) in [5.41, 5.74) is 0.429. The first kappa shape index (κ1) is 11.4. The summed E-state index contributed by atoms with van der Waals surface area (Å²) in [6.45, 7) is 9.42. The minimum atomic E-state index is -0.0521. The molecular formula is C13H25NO. The standard InChI is InChI=1S/C13H25NO/c1-13(2,3)10-7-8-14(9-10)11-5-4-6-12(11)15/h10-12,15H,4-9H2,1-3H3/t10?,11-,12-/m0/s1. The zero-order valence-corrected chi connectivity index (χ0v) is 10.4. The molecule has 2 rings (SSSR count). The van der Waals surface area contributed by atoms with Gasteiger partial charge in [0, 0.05) is 12.6 Å². The molecule has 2 heteroatoms. The van der Waals surface area contributed by atoms with Crippen molar-refractivity contribution in [1.82, 2.24) is 4.90 Å². The molecular weight excluding hydrogens is 186 g/mol. The van der Waals surface area contributed by atoms with E-state index in [0.717, 1.165) is 12.3 Å². The summed E-state index contributed by atoms with van der Waals surface area (Å²) in [7, 11) is 0. The molecule has 0 bridgehead atoms. The van der Waals surface area contributed by atoms with Crippen LogP contribution < -0.4 is 0 Å². The maximum atomic E-state index is 9.90. The normalized spacial score (nSPS) is 38.8. The van der Waals surface area contributed by atoms with E-state index in [4.69, 9.17) is 0 Å². The summed E-state index contributed by atoms with van der Waals surface area (Å²) in [6.07, 6.45) is 4.69. The van der Waals surface area contributed by atoms with Gasteiger partial charge in [-0.3, -0.25) is 4.90 Å². The third-order valence-corrected chi connectivity index (χ3v) is 4.36. The molecule has 0 spiro atoms. The van der Waals surface area contributed by atoms with Crippen molar-refractivity contribution in [2.45, 2.75) is 58.6 Å². The molecule has 88 valence electrons. The third-order valence-electron chi connectivity index (χ3n) is 4.36. The second kappa shape index (κ2) is 4.06. The van der Waals surface area contributed by atoms with E-state index >= 15 is 0 Å². The van der Waals surface area contributed by atoms with Crippen LogP contribution in [0.25, 0.3) is 0 Å². The molecule has 0 amide bonds. The van der Waals surface area contributed by atoms with E-state index < -0.39 is 0 Å². The molecule has 1 unspecified atom stereocenters. The highest BCUT2D eigenvalue weighted by atomic mass is 16.3. The van der Waals surface area contributed by atoms with Gasteiger partial charge in [0.25, 0.3) is 0 Å². The van der Waals surface area contributed by atoms with E-state index in [2.05, 4.69) is 25.7 Å². The van der Waals surface area contributed by atoms with Gasteiger partial charge in [0.2, 0.25) is 0 Å². The number of hydrogen-bond acceptors (Lipinski definition) is 2. The summed E-state index contributed by atoms with van der Waals surface area (Å²) in [6, 6.07) is 0.470. The highest BCUT2D eigenvalue weighted by Crippen LogP contribution is 2.36. The SMILES string of the molecule is CC(C)(C)C1CCN([C@H]2CCC[C@@H]2O)C1. The molecule has 1 aliphatic carbocycles. The smallest absolute Gasteiger partial charge is 0.0695 e. The van der Waals surface area contributed by atoms with E-state index in [9.17, 15) is 5.11 Å². The topological polar surface area (TPSA) is 23.5 Å². The Balaban J connectivity index is 1.92. The molecule has 15 heavy (non-hydrogen) atoms. The highest BCUT2D eigenvalue weighted by molar-refractivity contribution is 4.92. The van der Waals surface area contributed by atoms with E-state index in [1.807, 2.05) is 0 Å². The van der Waals surface area contributed by atoms with Gasteiger partial charge in [-0.1, -0.05) is 20.8 Å². The van der Waals surface area contributed by atoms with Crippen molar-refractivity contribution >= 4 is 0 Å². The first-order chi connectivity index (χ1) is 6.98. The molecule has 0 aromatic heterocycles. The monoisotopic (exact) mass is 211 g/mol. The summed E-state index contributed by atoms with van der Waals surface area (Å²) in [5.74, 6) is 0.810. The van der Waals surface area contributed by atoms with Crippen LogP contribution in [0.4, 0.5) is 0 Å². The number of likely N-dealkylation sites (tertiary alicyclic amines) is 1. The lowest BCUT2D eigenvalue weighted by Crippen LogP contribution is -2.39. The van der Waals surface area contributed by atoms with E-state index in [1.165, 1.54) is 32.4 Å². The molecule has 0 radical (unpaired) electrons. The van der Waals surface area contributed by atoms with Crippen molar-refractivity contribution in [1.29, 1.82) is 0 Å². The van der Waals surface area contributed by atoms with Gasteiger partial charge in [0.05, 0.1) is 6.10 Å². The summed E-state index contributed by atoms with van der Waals surface area (Å²) >= 11 is 0. The molecule has 1 heterocycles. The van der Waals surface area contributed by atoms with E-state index in [1.54, 1.807) is 0 Å². The molecule has 1 saturated carbocycles. The van der Waals surface area contributed by atoms with Crippen LogP contribution in [0.15, 0.2) is 0 Å². The molecule has 1 saturated heterocycles. The summed E-state index contributed by atoms with van der Waals surface area (Å²) in [4.78, 5) is 2.54. The van der Waals surface area contributed by atoms with Crippen LogP contribution in [0.1, 0.15) is 46.5 Å². The van der Waals surface area contributed by atoms with E-state index in [-0.39, 0.29) is 6.10 Å². The maximum absolute atomic E-state index is 9.90. The van der Waals surface area contributed by atoms with Crippen LogP contribution >= 0.6 is 0 Å². The first-order valence-electron chi connectivity index (χ1n) is 6.40. The molecule has 2 aliphatic rings. The van der Waals surface area contributed by atoms with Crippen molar-refractivity contribution in [3.8, 4) is 0 Å². The fraction of sp³-hybridized carbons (Fsp3) is 1.00. The Labute approximate surface area is 93.7 Å². The number of aliphatic hydroxyl groups excluding tert-OH is 1. The van der Waals surface area contributed by atoms with Crippen molar-refractivity contribution in [2.24, 2.45) is 11.3 Å². The summed E-state index contributed by atoms with van der Waals surface area (Å²) < 4.78 is 0. The van der Waals surface area contributed by atoms with Crippen molar-refractivity contribution in [2.75, 3.05) is 13.1 Å². The van der Waals surface area contributed by atoms with E-state index in [0.29, 0.717) is 11.5 Å². The Morgan fingerprint density at radius 3 is 2.33 bits per heavy atom. The molecule has 2 fully saturated rings. The third kappa shape index (κ3) is 2.36. The number of hydrogen-bond donors (Lipinski definition) is 1. The largest absolute Gasteiger partial charge is 0.391 e. The molecule has 1 N–H and O–H groups in total. The van der Waals surface area contributed by atoms with Crippen LogP contribution in [0.2, 0.25) is 0 Å². The molecule has 0 aromatic rings. The number of aliphatic hydroxyl groups is 1. The minimum Gasteiger partial charge on any atom is -0.391 e.